The number of nitrogens with zero attached hydrogens (tertiary/aromatic N) is 3. The molecule has 0 radical (unpaired) electrons. The summed E-state index contributed by atoms with van der Waals surface area (Å²) in [5, 5.41) is 13.7. The van der Waals surface area contributed by atoms with Gasteiger partial charge in [-0.05, 0) is 54.9 Å². The first-order chi connectivity index (χ1) is 16.8. The molecule has 1 fully saturated rings. The van der Waals surface area contributed by atoms with E-state index in [4.69, 9.17) is 14.4 Å². The second kappa shape index (κ2) is 9.97. The lowest BCUT2D eigenvalue weighted by molar-refractivity contribution is 0.244. The monoisotopic (exact) mass is 497 g/mol. The summed E-state index contributed by atoms with van der Waals surface area (Å²) in [7, 11) is -3.90. The average Bonchev–Trinajstić information content (AvgIpc) is 3.47. The fourth-order valence-electron chi connectivity index (χ4n) is 5.77. The van der Waals surface area contributed by atoms with Crippen LogP contribution in [-0.2, 0) is 14.5 Å². The van der Waals surface area contributed by atoms with Gasteiger partial charge in [-0.3, -0.25) is 9.50 Å². The standard InChI is InChI=1S/C26H35N5O3S/c1-17-6-3-4-9-23(17)20-7-5-8-21(13-20)24-14-25-28-15-18(2)26(31(25)30-24)29-22-11-10-19(12-22)16-34-35(27,32)33/h3-6,8-9,13-15,17-20,22-23,26,29H,7,10-12,16H2,1-2H3,(H2,27,32,33)/t17?,18?,19-,20?,22+,23?,26?/m1/s1. The van der Waals surface area contributed by atoms with Crippen LogP contribution >= 0.6 is 0 Å². The minimum absolute atomic E-state index is 0.00503. The second-order valence-electron chi connectivity index (χ2n) is 10.4. The van der Waals surface area contributed by atoms with Crippen molar-refractivity contribution in [2.24, 2.45) is 39.7 Å². The number of allylic oxidation sites excluding steroid dienone is 8. The molecule has 4 aliphatic rings. The van der Waals surface area contributed by atoms with Gasteiger partial charge in [-0.1, -0.05) is 56.4 Å². The first kappa shape index (κ1) is 24.4. The van der Waals surface area contributed by atoms with Crippen LogP contribution in [0.25, 0.3) is 5.57 Å². The van der Waals surface area contributed by atoms with E-state index in [-0.39, 0.29) is 30.7 Å². The molecule has 35 heavy (non-hydrogen) atoms. The summed E-state index contributed by atoms with van der Waals surface area (Å²) < 4.78 is 29.1. The minimum atomic E-state index is -3.90. The van der Waals surface area contributed by atoms with E-state index >= 15 is 0 Å². The van der Waals surface area contributed by atoms with E-state index < -0.39 is 10.3 Å². The molecule has 1 saturated carbocycles. The zero-order valence-corrected chi connectivity index (χ0v) is 21.1. The number of nitrogens with one attached hydrogen (secondary N) is 1. The third-order valence-electron chi connectivity index (χ3n) is 7.69. The van der Waals surface area contributed by atoms with Crippen LogP contribution in [0.15, 0.2) is 53.6 Å². The molecule has 1 aromatic heterocycles. The lowest BCUT2D eigenvalue weighted by Crippen LogP contribution is -2.40. The van der Waals surface area contributed by atoms with Gasteiger partial charge in [0.1, 0.15) is 6.17 Å². The number of nitrogens with two attached hydrogens (primary N) is 1. The smallest absolute Gasteiger partial charge is 0.292 e. The Labute approximate surface area is 208 Å². The fourth-order valence-corrected chi connectivity index (χ4v) is 6.15. The maximum Gasteiger partial charge on any atom is 0.333 e. The van der Waals surface area contributed by atoms with Crippen molar-refractivity contribution in [3.63, 3.8) is 0 Å². The SMILES string of the molecule is CC1C=CC=CC1C1C=C(c2cc3n(n2)C(N[C@H]2CC[C@@H](COS(N)(=O)=O)C2)C(C)C=N3)C=CC1. The Morgan fingerprint density at radius 2 is 2.03 bits per heavy atom. The predicted octanol–water partition coefficient (Wildman–Crippen LogP) is 4.05. The fraction of sp³-hybridized carbons (Fsp3) is 0.538. The predicted molar refractivity (Wildman–Crippen MR) is 138 cm³/mol. The molecule has 0 bridgehead atoms. The highest BCUT2D eigenvalue weighted by Crippen LogP contribution is 2.37. The Hall–Kier alpha value is -2.33. The number of hydrogen-bond acceptors (Lipinski definition) is 6. The molecule has 2 heterocycles. The first-order valence-electron chi connectivity index (χ1n) is 12.6. The van der Waals surface area contributed by atoms with Crippen LogP contribution in [0.5, 0.6) is 0 Å². The van der Waals surface area contributed by atoms with E-state index in [1.54, 1.807) is 0 Å². The third-order valence-corrected chi connectivity index (χ3v) is 8.16. The number of hydrogen-bond donors (Lipinski definition) is 2. The van der Waals surface area contributed by atoms with E-state index in [2.05, 4.69) is 72.8 Å². The molecule has 7 atom stereocenters. The van der Waals surface area contributed by atoms with Gasteiger partial charge in [0.2, 0.25) is 0 Å². The molecule has 0 aromatic carbocycles. The average molecular weight is 498 g/mol. The molecule has 9 heteroatoms. The van der Waals surface area contributed by atoms with Crippen molar-refractivity contribution in [2.45, 2.75) is 51.7 Å². The van der Waals surface area contributed by atoms with Gasteiger partial charge in [-0.2, -0.15) is 13.5 Å². The molecule has 0 saturated heterocycles. The van der Waals surface area contributed by atoms with E-state index in [0.29, 0.717) is 17.8 Å². The van der Waals surface area contributed by atoms with Crippen LogP contribution < -0.4 is 10.5 Å². The molecule has 1 aromatic rings. The lowest BCUT2D eigenvalue weighted by Gasteiger charge is -2.30. The maximum atomic E-state index is 11.1. The van der Waals surface area contributed by atoms with Gasteiger partial charge < -0.3 is 0 Å². The zero-order chi connectivity index (χ0) is 24.6. The molecule has 188 valence electrons. The van der Waals surface area contributed by atoms with Gasteiger partial charge >= 0.3 is 10.3 Å². The summed E-state index contributed by atoms with van der Waals surface area (Å²) in [4.78, 5) is 4.67. The molecule has 1 aliphatic heterocycles. The summed E-state index contributed by atoms with van der Waals surface area (Å²) >= 11 is 0. The Balaban J connectivity index is 1.30. The number of fused-ring (bicyclic) bond motifs is 1. The van der Waals surface area contributed by atoms with Crippen LogP contribution in [0, 0.1) is 29.6 Å². The third kappa shape index (κ3) is 5.58. The first-order valence-corrected chi connectivity index (χ1v) is 14.0. The molecular weight excluding hydrogens is 462 g/mol. The van der Waals surface area contributed by atoms with Crippen molar-refractivity contribution in [1.29, 1.82) is 0 Å². The molecule has 5 unspecified atom stereocenters. The topological polar surface area (TPSA) is 112 Å². The Bertz CT molecular complexity index is 1200. The normalized spacial score (nSPS) is 34.3. The largest absolute Gasteiger partial charge is 0.333 e. The van der Waals surface area contributed by atoms with Crippen molar-refractivity contribution in [3.8, 4) is 0 Å². The molecular formula is C26H35N5O3S. The van der Waals surface area contributed by atoms with Crippen molar-refractivity contribution in [2.75, 3.05) is 6.61 Å². The number of rotatable bonds is 7. The Morgan fingerprint density at radius 1 is 1.20 bits per heavy atom. The van der Waals surface area contributed by atoms with Crippen molar-refractivity contribution in [3.05, 3.63) is 54.3 Å². The van der Waals surface area contributed by atoms with Crippen molar-refractivity contribution < 1.29 is 12.6 Å². The lowest BCUT2D eigenvalue weighted by atomic mass is 9.76. The number of aromatic nitrogens is 2. The maximum absolute atomic E-state index is 11.1. The van der Waals surface area contributed by atoms with Gasteiger partial charge in [-0.15, -0.1) is 0 Å². The molecule has 3 aliphatic carbocycles. The highest BCUT2D eigenvalue weighted by Gasteiger charge is 2.33. The summed E-state index contributed by atoms with van der Waals surface area (Å²) in [5.74, 6) is 2.68. The molecule has 3 N–H and O–H groups in total. The molecule has 5 rings (SSSR count). The van der Waals surface area contributed by atoms with Gasteiger partial charge in [0, 0.05) is 24.2 Å². The second-order valence-corrected chi connectivity index (χ2v) is 11.6. The van der Waals surface area contributed by atoms with E-state index in [0.717, 1.165) is 42.8 Å². The van der Waals surface area contributed by atoms with E-state index in [9.17, 15) is 8.42 Å². The molecule has 0 spiro atoms. The Kier molecular flexibility index (Phi) is 6.94. The van der Waals surface area contributed by atoms with Crippen molar-refractivity contribution >= 4 is 27.9 Å². The summed E-state index contributed by atoms with van der Waals surface area (Å²) in [6, 6.07) is 2.34. The van der Waals surface area contributed by atoms with Crippen LogP contribution in [0.1, 0.15) is 51.4 Å². The molecule has 8 nitrogen and oxygen atoms in total. The highest BCUT2D eigenvalue weighted by atomic mass is 32.2. The van der Waals surface area contributed by atoms with Crippen LogP contribution in [-0.4, -0.2) is 37.1 Å². The van der Waals surface area contributed by atoms with Gasteiger partial charge in [0.25, 0.3) is 0 Å². The molecule has 0 amide bonds. The van der Waals surface area contributed by atoms with Crippen LogP contribution in [0.3, 0.4) is 0 Å². The van der Waals surface area contributed by atoms with Gasteiger partial charge in [0.05, 0.1) is 12.3 Å². The summed E-state index contributed by atoms with van der Waals surface area (Å²) in [5.41, 5.74) is 2.11. The highest BCUT2D eigenvalue weighted by molar-refractivity contribution is 7.84. The van der Waals surface area contributed by atoms with Gasteiger partial charge in [-0.25, -0.2) is 14.8 Å². The van der Waals surface area contributed by atoms with E-state index in [1.165, 1.54) is 0 Å². The van der Waals surface area contributed by atoms with Crippen LogP contribution in [0.2, 0.25) is 0 Å². The van der Waals surface area contributed by atoms with Gasteiger partial charge in [0.15, 0.2) is 5.82 Å². The number of aliphatic imine (C=N–C) groups is 1. The summed E-state index contributed by atoms with van der Waals surface area (Å²) in [6.07, 6.45) is 21.5. The van der Waals surface area contributed by atoms with Crippen LogP contribution in [0.4, 0.5) is 5.82 Å². The zero-order valence-electron chi connectivity index (χ0n) is 20.3. The van der Waals surface area contributed by atoms with E-state index in [1.807, 2.05) is 10.9 Å². The summed E-state index contributed by atoms with van der Waals surface area (Å²) in [6.45, 7) is 4.57. The Morgan fingerprint density at radius 3 is 2.83 bits per heavy atom. The minimum Gasteiger partial charge on any atom is -0.292 e. The van der Waals surface area contributed by atoms with Crippen molar-refractivity contribution in [1.82, 2.24) is 15.1 Å². The quantitative estimate of drug-likeness (QED) is 0.590.